The Hall–Kier alpha value is -0.130. The lowest BCUT2D eigenvalue weighted by molar-refractivity contribution is 0.176. The van der Waals surface area contributed by atoms with Crippen LogP contribution < -0.4 is 11.3 Å². The third kappa shape index (κ3) is 2.92. The van der Waals surface area contributed by atoms with Gasteiger partial charge in [-0.05, 0) is 25.0 Å². The van der Waals surface area contributed by atoms with E-state index in [2.05, 4.69) is 11.5 Å². The molecule has 3 nitrogen and oxygen atoms in total. The molecule has 0 aliphatic carbocycles. The summed E-state index contributed by atoms with van der Waals surface area (Å²) in [5.41, 5.74) is 2.89. The van der Waals surface area contributed by atoms with Crippen molar-refractivity contribution in [2.24, 2.45) is 11.8 Å². The average molecular weight is 247 g/mol. The fourth-order valence-electron chi connectivity index (χ4n) is 1.91. The molecular formula is C10H15ClN2OS. The Bertz CT molecular complexity index is 312. The van der Waals surface area contributed by atoms with Gasteiger partial charge < -0.3 is 4.74 Å². The molecule has 0 spiro atoms. The largest absolute Gasteiger partial charge is 0.381 e. The second-order valence-electron chi connectivity index (χ2n) is 3.81. The van der Waals surface area contributed by atoms with Gasteiger partial charge in [-0.3, -0.25) is 11.3 Å². The Morgan fingerprint density at radius 3 is 3.07 bits per heavy atom. The highest BCUT2D eigenvalue weighted by atomic mass is 35.5. The van der Waals surface area contributed by atoms with Gasteiger partial charge in [-0.15, -0.1) is 11.3 Å². The summed E-state index contributed by atoms with van der Waals surface area (Å²) in [4.78, 5) is 1.27. The molecule has 1 aromatic heterocycles. The molecular weight excluding hydrogens is 232 g/mol. The smallest absolute Gasteiger partial charge is 0.0931 e. The van der Waals surface area contributed by atoms with Gasteiger partial charge in [0.2, 0.25) is 0 Å². The first kappa shape index (κ1) is 11.4. The maximum atomic E-state index is 5.89. The molecule has 5 heteroatoms. The average Bonchev–Trinajstić information content (AvgIpc) is 2.85. The Morgan fingerprint density at radius 1 is 1.67 bits per heavy atom. The molecule has 0 radical (unpaired) electrons. The molecule has 15 heavy (non-hydrogen) atoms. The van der Waals surface area contributed by atoms with Crippen LogP contribution in [0.5, 0.6) is 0 Å². The maximum absolute atomic E-state index is 5.89. The highest BCUT2D eigenvalue weighted by Gasteiger charge is 2.25. The Labute approximate surface area is 98.5 Å². The molecule has 0 saturated carbocycles. The summed E-state index contributed by atoms with van der Waals surface area (Å²) in [5.74, 6) is 6.10. The van der Waals surface area contributed by atoms with Crippen molar-refractivity contribution in [2.45, 2.75) is 18.9 Å². The molecule has 0 amide bonds. The molecule has 1 aromatic rings. The van der Waals surface area contributed by atoms with Crippen LogP contribution in [0.15, 0.2) is 12.1 Å². The highest BCUT2D eigenvalue weighted by molar-refractivity contribution is 7.16. The zero-order valence-electron chi connectivity index (χ0n) is 8.41. The molecule has 1 saturated heterocycles. The predicted octanol–water partition coefficient (Wildman–Crippen LogP) is 1.81. The molecule has 0 aromatic carbocycles. The van der Waals surface area contributed by atoms with Crippen LogP contribution in [0, 0.1) is 5.92 Å². The summed E-state index contributed by atoms with van der Waals surface area (Å²) in [6, 6.07) is 4.29. The van der Waals surface area contributed by atoms with Crippen LogP contribution in [0.4, 0.5) is 0 Å². The topological polar surface area (TPSA) is 47.3 Å². The van der Waals surface area contributed by atoms with E-state index < -0.39 is 0 Å². The van der Waals surface area contributed by atoms with Crippen LogP contribution in [0.1, 0.15) is 11.3 Å². The number of nitrogens with two attached hydrogens (primary N) is 1. The van der Waals surface area contributed by atoms with Crippen LogP contribution in [-0.4, -0.2) is 19.3 Å². The van der Waals surface area contributed by atoms with E-state index in [9.17, 15) is 0 Å². The van der Waals surface area contributed by atoms with Gasteiger partial charge >= 0.3 is 0 Å². The number of hydrazine groups is 1. The molecule has 2 atom stereocenters. The first-order valence-corrected chi connectivity index (χ1v) is 6.27. The lowest BCUT2D eigenvalue weighted by Gasteiger charge is -2.20. The molecule has 2 unspecified atom stereocenters. The Morgan fingerprint density at radius 2 is 2.53 bits per heavy atom. The number of ether oxygens (including phenoxy) is 1. The molecule has 1 aliphatic heterocycles. The van der Waals surface area contributed by atoms with Crippen LogP contribution in [0.3, 0.4) is 0 Å². The van der Waals surface area contributed by atoms with E-state index >= 15 is 0 Å². The predicted molar refractivity (Wildman–Crippen MR) is 63.1 cm³/mol. The van der Waals surface area contributed by atoms with Crippen molar-refractivity contribution in [3.8, 4) is 0 Å². The standard InChI is InChI=1S/C10H15ClN2OS/c11-10-2-1-8(15-10)5-9(13-12)7-3-4-14-6-7/h1-2,7,9,13H,3-6,12H2. The SMILES string of the molecule is NNC(Cc1ccc(Cl)s1)C1CCOC1. The van der Waals surface area contributed by atoms with E-state index in [0.717, 1.165) is 30.4 Å². The fourth-order valence-corrected chi connectivity index (χ4v) is 3.06. The number of hydrogen-bond donors (Lipinski definition) is 2. The van der Waals surface area contributed by atoms with Crippen LogP contribution in [0.25, 0.3) is 0 Å². The van der Waals surface area contributed by atoms with E-state index in [1.165, 1.54) is 4.88 Å². The lowest BCUT2D eigenvalue weighted by Crippen LogP contribution is -2.42. The molecule has 2 heterocycles. The molecule has 3 N–H and O–H groups in total. The monoisotopic (exact) mass is 246 g/mol. The third-order valence-electron chi connectivity index (χ3n) is 2.80. The highest BCUT2D eigenvalue weighted by Crippen LogP contribution is 2.25. The van der Waals surface area contributed by atoms with Gasteiger partial charge in [-0.25, -0.2) is 0 Å². The summed E-state index contributed by atoms with van der Waals surface area (Å²) >= 11 is 7.51. The molecule has 1 fully saturated rings. The molecule has 84 valence electrons. The van der Waals surface area contributed by atoms with Gasteiger partial charge in [-0.2, -0.15) is 0 Å². The normalized spacial score (nSPS) is 23.2. The minimum absolute atomic E-state index is 0.294. The van der Waals surface area contributed by atoms with E-state index in [1.54, 1.807) is 11.3 Å². The number of nitrogens with one attached hydrogen (secondary N) is 1. The van der Waals surface area contributed by atoms with Gasteiger partial charge in [0.05, 0.1) is 10.9 Å². The van der Waals surface area contributed by atoms with Gasteiger partial charge in [0.15, 0.2) is 0 Å². The Kier molecular flexibility index (Phi) is 3.99. The first-order valence-electron chi connectivity index (χ1n) is 5.07. The van der Waals surface area contributed by atoms with Crippen molar-refractivity contribution in [1.29, 1.82) is 0 Å². The minimum Gasteiger partial charge on any atom is -0.381 e. The molecule has 0 bridgehead atoms. The second-order valence-corrected chi connectivity index (χ2v) is 5.61. The van der Waals surface area contributed by atoms with Crippen molar-refractivity contribution in [3.05, 3.63) is 21.3 Å². The van der Waals surface area contributed by atoms with E-state index in [-0.39, 0.29) is 0 Å². The van der Waals surface area contributed by atoms with Gasteiger partial charge in [0, 0.05) is 23.4 Å². The number of rotatable bonds is 4. The van der Waals surface area contributed by atoms with Gasteiger partial charge in [0.1, 0.15) is 0 Å². The van der Waals surface area contributed by atoms with E-state index in [1.807, 2.05) is 6.07 Å². The summed E-state index contributed by atoms with van der Waals surface area (Å²) < 4.78 is 6.20. The van der Waals surface area contributed by atoms with E-state index in [4.69, 9.17) is 22.2 Å². The van der Waals surface area contributed by atoms with Crippen molar-refractivity contribution in [3.63, 3.8) is 0 Å². The van der Waals surface area contributed by atoms with Crippen LogP contribution >= 0.6 is 22.9 Å². The van der Waals surface area contributed by atoms with Crippen molar-refractivity contribution in [1.82, 2.24) is 5.43 Å². The zero-order valence-corrected chi connectivity index (χ0v) is 9.98. The van der Waals surface area contributed by atoms with E-state index in [0.29, 0.717) is 12.0 Å². The van der Waals surface area contributed by atoms with Crippen molar-refractivity contribution in [2.75, 3.05) is 13.2 Å². The fraction of sp³-hybridized carbons (Fsp3) is 0.600. The number of halogens is 1. The van der Waals surface area contributed by atoms with Crippen LogP contribution in [-0.2, 0) is 11.2 Å². The summed E-state index contributed by atoms with van der Waals surface area (Å²) in [6.45, 7) is 1.67. The quantitative estimate of drug-likeness (QED) is 0.629. The summed E-state index contributed by atoms with van der Waals surface area (Å²) in [6.07, 6.45) is 2.02. The van der Waals surface area contributed by atoms with Crippen LogP contribution in [0.2, 0.25) is 4.34 Å². The summed E-state index contributed by atoms with van der Waals surface area (Å²) in [5, 5.41) is 0. The summed E-state index contributed by atoms with van der Waals surface area (Å²) in [7, 11) is 0. The zero-order chi connectivity index (χ0) is 10.7. The van der Waals surface area contributed by atoms with Gasteiger partial charge in [-0.1, -0.05) is 11.6 Å². The Balaban J connectivity index is 1.95. The second kappa shape index (κ2) is 5.27. The molecule has 2 rings (SSSR count). The van der Waals surface area contributed by atoms with Crippen molar-refractivity contribution >= 4 is 22.9 Å². The third-order valence-corrected chi connectivity index (χ3v) is 4.05. The lowest BCUT2D eigenvalue weighted by atomic mass is 9.96. The number of hydrogen-bond acceptors (Lipinski definition) is 4. The van der Waals surface area contributed by atoms with Crippen molar-refractivity contribution < 1.29 is 4.74 Å². The first-order chi connectivity index (χ1) is 7.29. The maximum Gasteiger partial charge on any atom is 0.0931 e. The number of thiophene rings is 1. The minimum atomic E-state index is 0.294. The molecule has 1 aliphatic rings. The van der Waals surface area contributed by atoms with Gasteiger partial charge in [0.25, 0.3) is 0 Å².